The standard InChI is InChI=1S/C19H14BrClN2O5/c1-27-15-9-16(28-2)14(20)8-10(15)7-13-17(24)22-19(26)23(18(13)25)12-5-3-11(21)4-6-12/h3-9H,1-2H3,(H,22,24,26). The van der Waals surface area contributed by atoms with Crippen LogP contribution in [0.2, 0.25) is 5.02 Å². The second-order valence-electron chi connectivity index (χ2n) is 5.66. The minimum absolute atomic E-state index is 0.218. The summed E-state index contributed by atoms with van der Waals surface area (Å²) < 4.78 is 11.1. The third-order valence-electron chi connectivity index (χ3n) is 3.99. The molecule has 7 nitrogen and oxygen atoms in total. The Balaban J connectivity index is 2.07. The van der Waals surface area contributed by atoms with E-state index >= 15 is 0 Å². The van der Waals surface area contributed by atoms with Gasteiger partial charge in [-0.1, -0.05) is 11.6 Å². The molecule has 2 aromatic rings. The molecule has 9 heteroatoms. The predicted octanol–water partition coefficient (Wildman–Crippen LogP) is 3.79. The number of nitrogens with zero attached hydrogens (tertiary/aromatic N) is 1. The number of benzene rings is 2. The number of ether oxygens (including phenoxy) is 2. The van der Waals surface area contributed by atoms with Crippen LogP contribution in [0.15, 0.2) is 46.4 Å². The van der Waals surface area contributed by atoms with Gasteiger partial charge in [0.15, 0.2) is 0 Å². The van der Waals surface area contributed by atoms with Crippen LogP contribution in [0.1, 0.15) is 5.56 Å². The summed E-state index contributed by atoms with van der Waals surface area (Å²) >= 11 is 9.22. The lowest BCUT2D eigenvalue weighted by Gasteiger charge is -2.26. The zero-order valence-corrected chi connectivity index (χ0v) is 17.1. The molecule has 2 aromatic carbocycles. The summed E-state index contributed by atoms with van der Waals surface area (Å²) in [5, 5.41) is 2.62. The van der Waals surface area contributed by atoms with Crippen LogP contribution in [-0.4, -0.2) is 32.1 Å². The van der Waals surface area contributed by atoms with E-state index in [9.17, 15) is 14.4 Å². The summed E-state index contributed by atoms with van der Waals surface area (Å²) in [5.74, 6) is -0.640. The van der Waals surface area contributed by atoms with Crippen LogP contribution in [-0.2, 0) is 9.59 Å². The van der Waals surface area contributed by atoms with Crippen molar-refractivity contribution in [3.05, 3.63) is 57.0 Å². The summed E-state index contributed by atoms with van der Waals surface area (Å²) in [6.07, 6.45) is 1.36. The number of amides is 4. The van der Waals surface area contributed by atoms with E-state index in [-0.39, 0.29) is 11.3 Å². The fourth-order valence-corrected chi connectivity index (χ4v) is 3.28. The third kappa shape index (κ3) is 3.74. The van der Waals surface area contributed by atoms with Gasteiger partial charge < -0.3 is 9.47 Å². The van der Waals surface area contributed by atoms with Crippen molar-refractivity contribution in [2.24, 2.45) is 0 Å². The number of rotatable bonds is 4. The maximum absolute atomic E-state index is 12.9. The van der Waals surface area contributed by atoms with Crippen LogP contribution in [0.4, 0.5) is 10.5 Å². The van der Waals surface area contributed by atoms with Crippen LogP contribution in [0.5, 0.6) is 11.5 Å². The van der Waals surface area contributed by atoms with Gasteiger partial charge in [-0.25, -0.2) is 9.69 Å². The van der Waals surface area contributed by atoms with Crippen molar-refractivity contribution in [2.75, 3.05) is 19.1 Å². The Hall–Kier alpha value is -2.84. The maximum atomic E-state index is 12.9. The number of hydrogen-bond acceptors (Lipinski definition) is 5. The molecule has 28 heavy (non-hydrogen) atoms. The second-order valence-corrected chi connectivity index (χ2v) is 6.95. The normalized spacial score (nSPS) is 15.6. The summed E-state index contributed by atoms with van der Waals surface area (Å²) in [6.45, 7) is 0. The number of hydrogen-bond donors (Lipinski definition) is 1. The highest BCUT2D eigenvalue weighted by molar-refractivity contribution is 9.10. The fourth-order valence-electron chi connectivity index (χ4n) is 2.63. The molecule has 0 bridgehead atoms. The van der Waals surface area contributed by atoms with E-state index in [0.29, 0.717) is 26.6 Å². The molecule has 1 heterocycles. The van der Waals surface area contributed by atoms with Gasteiger partial charge in [-0.2, -0.15) is 0 Å². The number of nitrogens with one attached hydrogen (secondary N) is 1. The van der Waals surface area contributed by atoms with E-state index in [2.05, 4.69) is 21.2 Å². The Labute approximate surface area is 174 Å². The van der Waals surface area contributed by atoms with Gasteiger partial charge in [-0.3, -0.25) is 14.9 Å². The smallest absolute Gasteiger partial charge is 0.335 e. The molecule has 1 saturated heterocycles. The summed E-state index contributed by atoms with van der Waals surface area (Å²) in [5.41, 5.74) is 0.525. The summed E-state index contributed by atoms with van der Waals surface area (Å²) in [7, 11) is 2.96. The van der Waals surface area contributed by atoms with Gasteiger partial charge >= 0.3 is 6.03 Å². The number of carbonyl (C=O) groups is 3. The summed E-state index contributed by atoms with van der Waals surface area (Å²) in [4.78, 5) is 38.3. The molecular formula is C19H14BrClN2O5. The first-order chi connectivity index (χ1) is 13.3. The molecule has 1 aliphatic heterocycles. The maximum Gasteiger partial charge on any atom is 0.335 e. The van der Waals surface area contributed by atoms with Crippen molar-refractivity contribution in [2.45, 2.75) is 0 Å². The van der Waals surface area contributed by atoms with Crippen LogP contribution in [0.25, 0.3) is 6.08 Å². The van der Waals surface area contributed by atoms with Gasteiger partial charge in [0, 0.05) is 16.7 Å². The van der Waals surface area contributed by atoms with E-state index in [0.717, 1.165) is 4.90 Å². The molecule has 0 unspecified atom stereocenters. The first-order valence-corrected chi connectivity index (χ1v) is 9.11. The van der Waals surface area contributed by atoms with Gasteiger partial charge in [0.1, 0.15) is 17.1 Å². The van der Waals surface area contributed by atoms with Crippen molar-refractivity contribution < 1.29 is 23.9 Å². The van der Waals surface area contributed by atoms with Crippen molar-refractivity contribution >= 4 is 57.1 Å². The SMILES string of the molecule is COc1cc(OC)c(C=C2C(=O)NC(=O)N(c3ccc(Cl)cc3)C2=O)cc1Br. The number of carbonyl (C=O) groups excluding carboxylic acids is 3. The first-order valence-electron chi connectivity index (χ1n) is 7.94. The van der Waals surface area contributed by atoms with Crippen molar-refractivity contribution in [1.82, 2.24) is 5.32 Å². The number of anilines is 1. The van der Waals surface area contributed by atoms with Gasteiger partial charge in [0.2, 0.25) is 0 Å². The van der Waals surface area contributed by atoms with Crippen LogP contribution < -0.4 is 19.7 Å². The van der Waals surface area contributed by atoms with Gasteiger partial charge in [-0.05, 0) is 52.3 Å². The lowest BCUT2D eigenvalue weighted by atomic mass is 10.1. The highest BCUT2D eigenvalue weighted by atomic mass is 79.9. The topological polar surface area (TPSA) is 84.9 Å². The molecule has 144 valence electrons. The Morgan fingerprint density at radius 2 is 1.68 bits per heavy atom. The Kier molecular flexibility index (Phi) is 5.71. The van der Waals surface area contributed by atoms with Crippen molar-refractivity contribution in [1.29, 1.82) is 0 Å². The zero-order chi connectivity index (χ0) is 20.4. The van der Waals surface area contributed by atoms with E-state index in [4.69, 9.17) is 21.1 Å². The van der Waals surface area contributed by atoms with Gasteiger partial charge in [0.05, 0.1) is 24.4 Å². The number of methoxy groups -OCH3 is 2. The highest BCUT2D eigenvalue weighted by Crippen LogP contribution is 2.34. The van der Waals surface area contributed by atoms with Crippen LogP contribution in [0, 0.1) is 0 Å². The second kappa shape index (κ2) is 8.04. The van der Waals surface area contributed by atoms with Crippen LogP contribution in [0.3, 0.4) is 0 Å². The monoisotopic (exact) mass is 464 g/mol. The quantitative estimate of drug-likeness (QED) is 0.549. The molecular weight excluding hydrogens is 452 g/mol. The number of imide groups is 2. The molecule has 4 amide bonds. The molecule has 1 fully saturated rings. The van der Waals surface area contributed by atoms with Crippen LogP contribution >= 0.6 is 27.5 Å². The molecule has 1 N–H and O–H groups in total. The molecule has 0 saturated carbocycles. The average molecular weight is 466 g/mol. The predicted molar refractivity (Wildman–Crippen MR) is 108 cm³/mol. The minimum atomic E-state index is -0.836. The molecule has 3 rings (SSSR count). The summed E-state index contributed by atoms with van der Waals surface area (Å²) in [6, 6.07) is 8.53. The first kappa shape index (κ1) is 19.9. The van der Waals surface area contributed by atoms with Crippen molar-refractivity contribution in [3.63, 3.8) is 0 Å². The Morgan fingerprint density at radius 3 is 2.29 bits per heavy atom. The third-order valence-corrected chi connectivity index (χ3v) is 4.86. The van der Waals surface area contributed by atoms with Gasteiger partial charge in [0.25, 0.3) is 11.8 Å². The molecule has 0 radical (unpaired) electrons. The molecule has 0 atom stereocenters. The van der Waals surface area contributed by atoms with E-state index < -0.39 is 17.8 Å². The Bertz CT molecular complexity index is 1000. The highest BCUT2D eigenvalue weighted by Gasteiger charge is 2.37. The largest absolute Gasteiger partial charge is 0.496 e. The van der Waals surface area contributed by atoms with E-state index in [1.807, 2.05) is 0 Å². The zero-order valence-electron chi connectivity index (χ0n) is 14.8. The Morgan fingerprint density at radius 1 is 1.04 bits per heavy atom. The minimum Gasteiger partial charge on any atom is -0.496 e. The fraction of sp³-hybridized carbons (Fsp3) is 0.105. The average Bonchev–Trinajstić information content (AvgIpc) is 2.66. The number of barbiturate groups is 1. The molecule has 1 aliphatic rings. The van der Waals surface area contributed by atoms with Crippen molar-refractivity contribution in [3.8, 4) is 11.5 Å². The lowest BCUT2D eigenvalue weighted by Crippen LogP contribution is -2.54. The number of urea groups is 1. The number of halogens is 2. The van der Waals surface area contributed by atoms with E-state index in [1.165, 1.54) is 32.4 Å². The molecule has 0 spiro atoms. The molecule has 0 aliphatic carbocycles. The molecule has 0 aromatic heterocycles. The lowest BCUT2D eigenvalue weighted by molar-refractivity contribution is -0.122. The van der Waals surface area contributed by atoms with E-state index in [1.54, 1.807) is 24.3 Å². The van der Waals surface area contributed by atoms with Gasteiger partial charge in [-0.15, -0.1) is 0 Å².